The standard InChI is InChI=1S/C13H20N4O2/c1-16-12(7-11(15-16)9-3-2-4-9)14-13(19)17-6-5-10(18)8-17/h7,9-10,18H,2-6,8H2,1H3,(H,14,19)/t10-/m1/s1. The molecule has 2 amide bonds. The number of aliphatic hydroxyl groups is 1. The summed E-state index contributed by atoms with van der Waals surface area (Å²) in [4.78, 5) is 13.7. The number of urea groups is 1. The largest absolute Gasteiger partial charge is 0.391 e. The Hall–Kier alpha value is -1.56. The lowest BCUT2D eigenvalue weighted by atomic mass is 9.83. The fourth-order valence-electron chi connectivity index (χ4n) is 2.62. The molecule has 1 saturated carbocycles. The van der Waals surface area contributed by atoms with E-state index in [0.717, 1.165) is 11.5 Å². The maximum absolute atomic E-state index is 12.0. The molecule has 1 aliphatic carbocycles. The first kappa shape index (κ1) is 12.5. The molecule has 1 atom stereocenters. The van der Waals surface area contributed by atoms with Gasteiger partial charge >= 0.3 is 6.03 Å². The minimum absolute atomic E-state index is 0.153. The van der Waals surface area contributed by atoms with Gasteiger partial charge in [-0.05, 0) is 19.3 Å². The number of nitrogens with zero attached hydrogens (tertiary/aromatic N) is 3. The first-order valence-corrected chi connectivity index (χ1v) is 6.91. The van der Waals surface area contributed by atoms with Gasteiger partial charge in [0.25, 0.3) is 0 Å². The molecule has 0 bridgehead atoms. The fourth-order valence-corrected chi connectivity index (χ4v) is 2.62. The average Bonchev–Trinajstić information content (AvgIpc) is 2.84. The number of aliphatic hydroxyl groups excluding tert-OH is 1. The van der Waals surface area contributed by atoms with E-state index in [2.05, 4.69) is 10.4 Å². The van der Waals surface area contributed by atoms with Crippen LogP contribution in [0.5, 0.6) is 0 Å². The minimum Gasteiger partial charge on any atom is -0.391 e. The summed E-state index contributed by atoms with van der Waals surface area (Å²) in [5.74, 6) is 1.29. The summed E-state index contributed by atoms with van der Waals surface area (Å²) in [6.07, 6.45) is 3.94. The molecule has 0 unspecified atom stereocenters. The van der Waals surface area contributed by atoms with Crippen molar-refractivity contribution in [3.8, 4) is 0 Å². The minimum atomic E-state index is -0.386. The highest BCUT2D eigenvalue weighted by atomic mass is 16.3. The number of hydrogen-bond donors (Lipinski definition) is 2. The van der Waals surface area contributed by atoms with Crippen molar-refractivity contribution in [2.24, 2.45) is 7.05 Å². The van der Waals surface area contributed by atoms with Crippen LogP contribution in [0.1, 0.15) is 37.3 Å². The van der Waals surface area contributed by atoms with Crippen LogP contribution < -0.4 is 5.32 Å². The molecule has 2 N–H and O–H groups in total. The zero-order chi connectivity index (χ0) is 13.4. The predicted octanol–water partition coefficient (Wildman–Crippen LogP) is 1.29. The van der Waals surface area contributed by atoms with E-state index in [4.69, 9.17) is 0 Å². The average molecular weight is 264 g/mol. The number of nitrogens with one attached hydrogen (secondary N) is 1. The van der Waals surface area contributed by atoms with Crippen molar-refractivity contribution in [2.45, 2.75) is 37.7 Å². The van der Waals surface area contributed by atoms with Gasteiger partial charge in [0.2, 0.25) is 0 Å². The highest BCUT2D eigenvalue weighted by molar-refractivity contribution is 5.88. The third-order valence-corrected chi connectivity index (χ3v) is 4.11. The lowest BCUT2D eigenvalue weighted by Crippen LogP contribution is -2.34. The zero-order valence-electron chi connectivity index (χ0n) is 11.2. The third kappa shape index (κ3) is 2.45. The summed E-state index contributed by atoms with van der Waals surface area (Å²) in [6, 6.07) is 1.81. The molecule has 1 aromatic heterocycles. The van der Waals surface area contributed by atoms with Gasteiger partial charge in [-0.25, -0.2) is 4.79 Å². The molecule has 0 aromatic carbocycles. The van der Waals surface area contributed by atoms with Gasteiger partial charge in [0.05, 0.1) is 11.8 Å². The quantitative estimate of drug-likeness (QED) is 0.845. The number of amides is 2. The Morgan fingerprint density at radius 2 is 2.26 bits per heavy atom. The van der Waals surface area contributed by atoms with E-state index in [1.54, 1.807) is 9.58 Å². The molecule has 19 heavy (non-hydrogen) atoms. The molecule has 6 heteroatoms. The molecule has 1 aromatic rings. The number of rotatable bonds is 2. The number of β-amino-alcohol motifs (C(OH)–C–C–N with tert-alkyl or cyclic N) is 1. The molecule has 2 heterocycles. The topological polar surface area (TPSA) is 70.4 Å². The van der Waals surface area contributed by atoms with Gasteiger partial charge < -0.3 is 10.0 Å². The van der Waals surface area contributed by atoms with Crippen LogP contribution >= 0.6 is 0 Å². The molecule has 0 radical (unpaired) electrons. The summed E-state index contributed by atoms with van der Waals surface area (Å²) < 4.78 is 1.72. The van der Waals surface area contributed by atoms with Crippen LogP contribution in [0.25, 0.3) is 0 Å². The Labute approximate surface area is 112 Å². The summed E-state index contributed by atoms with van der Waals surface area (Å²) in [5.41, 5.74) is 1.07. The lowest BCUT2D eigenvalue weighted by Gasteiger charge is -2.22. The van der Waals surface area contributed by atoms with E-state index in [9.17, 15) is 9.90 Å². The number of likely N-dealkylation sites (tertiary alicyclic amines) is 1. The van der Waals surface area contributed by atoms with Crippen molar-refractivity contribution in [3.63, 3.8) is 0 Å². The Bertz CT molecular complexity index is 481. The molecule has 6 nitrogen and oxygen atoms in total. The fraction of sp³-hybridized carbons (Fsp3) is 0.692. The van der Waals surface area contributed by atoms with Crippen molar-refractivity contribution in [2.75, 3.05) is 18.4 Å². The number of aromatic nitrogens is 2. The lowest BCUT2D eigenvalue weighted by molar-refractivity contribution is 0.176. The van der Waals surface area contributed by atoms with Crippen LogP contribution in [0.3, 0.4) is 0 Å². The third-order valence-electron chi connectivity index (χ3n) is 4.11. The summed E-state index contributed by atoms with van der Waals surface area (Å²) in [5, 5.41) is 16.8. The van der Waals surface area contributed by atoms with Crippen LogP contribution in [0, 0.1) is 0 Å². The Morgan fingerprint density at radius 1 is 1.47 bits per heavy atom. The Kier molecular flexibility index (Phi) is 3.18. The maximum Gasteiger partial charge on any atom is 0.323 e. The maximum atomic E-state index is 12.0. The Balaban J connectivity index is 1.65. The SMILES string of the molecule is Cn1nc(C2CCC2)cc1NC(=O)N1CC[C@@H](O)C1. The van der Waals surface area contributed by atoms with Gasteiger partial charge in [0, 0.05) is 32.1 Å². The van der Waals surface area contributed by atoms with Crippen LogP contribution in [-0.4, -0.2) is 45.0 Å². The second-order valence-corrected chi connectivity index (χ2v) is 5.52. The molecular weight excluding hydrogens is 244 g/mol. The van der Waals surface area contributed by atoms with Crippen LogP contribution in [-0.2, 0) is 7.05 Å². The number of aryl methyl sites for hydroxylation is 1. The summed E-state index contributed by atoms with van der Waals surface area (Å²) in [6.45, 7) is 1.03. The van der Waals surface area contributed by atoms with Crippen molar-refractivity contribution < 1.29 is 9.90 Å². The second-order valence-electron chi connectivity index (χ2n) is 5.52. The predicted molar refractivity (Wildman–Crippen MR) is 71.0 cm³/mol. The highest BCUT2D eigenvalue weighted by Gasteiger charge is 2.26. The smallest absolute Gasteiger partial charge is 0.323 e. The number of anilines is 1. The van der Waals surface area contributed by atoms with Gasteiger partial charge in [0.1, 0.15) is 5.82 Å². The van der Waals surface area contributed by atoms with E-state index >= 15 is 0 Å². The molecule has 0 spiro atoms. The van der Waals surface area contributed by atoms with Crippen LogP contribution in [0.2, 0.25) is 0 Å². The number of hydrogen-bond acceptors (Lipinski definition) is 3. The van der Waals surface area contributed by atoms with Crippen LogP contribution in [0.15, 0.2) is 6.07 Å². The molecule has 1 saturated heterocycles. The van der Waals surface area contributed by atoms with E-state index in [-0.39, 0.29) is 12.1 Å². The van der Waals surface area contributed by atoms with Crippen molar-refractivity contribution in [1.82, 2.24) is 14.7 Å². The van der Waals surface area contributed by atoms with Crippen molar-refractivity contribution in [1.29, 1.82) is 0 Å². The summed E-state index contributed by atoms with van der Waals surface area (Å²) in [7, 11) is 1.84. The highest BCUT2D eigenvalue weighted by Crippen LogP contribution is 2.36. The zero-order valence-corrected chi connectivity index (χ0v) is 11.2. The van der Waals surface area contributed by atoms with Crippen molar-refractivity contribution >= 4 is 11.8 Å². The van der Waals surface area contributed by atoms with E-state index in [1.807, 2.05) is 13.1 Å². The number of carbonyl (C=O) groups excluding carboxylic acids is 1. The molecule has 3 rings (SSSR count). The Morgan fingerprint density at radius 3 is 2.84 bits per heavy atom. The van der Waals surface area contributed by atoms with Gasteiger partial charge in [-0.1, -0.05) is 6.42 Å². The number of carbonyl (C=O) groups is 1. The van der Waals surface area contributed by atoms with E-state index < -0.39 is 0 Å². The second kappa shape index (κ2) is 4.85. The first-order chi connectivity index (χ1) is 9.13. The van der Waals surface area contributed by atoms with E-state index in [0.29, 0.717) is 25.4 Å². The molecule has 1 aliphatic heterocycles. The monoisotopic (exact) mass is 264 g/mol. The summed E-state index contributed by atoms with van der Waals surface area (Å²) >= 11 is 0. The first-order valence-electron chi connectivity index (χ1n) is 6.91. The molecular formula is C13H20N4O2. The van der Waals surface area contributed by atoms with Gasteiger partial charge in [-0.2, -0.15) is 5.10 Å². The molecule has 2 aliphatic rings. The normalized spacial score (nSPS) is 23.5. The van der Waals surface area contributed by atoms with Gasteiger partial charge in [0.15, 0.2) is 0 Å². The van der Waals surface area contributed by atoms with Crippen molar-refractivity contribution in [3.05, 3.63) is 11.8 Å². The molecule has 104 valence electrons. The van der Waals surface area contributed by atoms with Crippen LogP contribution in [0.4, 0.5) is 10.6 Å². The van der Waals surface area contributed by atoms with Gasteiger partial charge in [-0.3, -0.25) is 10.00 Å². The van der Waals surface area contributed by atoms with E-state index in [1.165, 1.54) is 19.3 Å². The van der Waals surface area contributed by atoms with Gasteiger partial charge in [-0.15, -0.1) is 0 Å². The molecule has 2 fully saturated rings.